The summed E-state index contributed by atoms with van der Waals surface area (Å²) in [5.41, 5.74) is 1.01. The van der Waals surface area contributed by atoms with Gasteiger partial charge in [0.05, 0.1) is 12.6 Å². The Morgan fingerprint density at radius 3 is 3.08 bits per heavy atom. The highest BCUT2D eigenvalue weighted by Gasteiger charge is 2.19. The van der Waals surface area contributed by atoms with Crippen molar-refractivity contribution in [3.63, 3.8) is 0 Å². The molecule has 2 rings (SSSR count). The third-order valence-corrected chi connectivity index (χ3v) is 2.00. The molecule has 0 aromatic carbocycles. The maximum absolute atomic E-state index is 5.49. The Hall–Kier alpha value is -1.06. The van der Waals surface area contributed by atoms with Gasteiger partial charge in [0, 0.05) is 6.42 Å². The first-order valence-electron chi connectivity index (χ1n) is 4.36. The van der Waals surface area contributed by atoms with Crippen LogP contribution in [0.4, 0.5) is 0 Å². The highest BCUT2D eigenvalue weighted by Crippen LogP contribution is 2.24. The van der Waals surface area contributed by atoms with Crippen molar-refractivity contribution in [2.24, 2.45) is 0 Å². The molecule has 0 N–H and O–H groups in total. The number of nitrogens with zero attached hydrogens (tertiary/aromatic N) is 3. The number of rotatable bonds is 1. The second-order valence-corrected chi connectivity index (χ2v) is 3.33. The number of aryl methyl sites for hydroxylation is 1. The summed E-state index contributed by atoms with van der Waals surface area (Å²) in [6.07, 6.45) is 2.06. The van der Waals surface area contributed by atoms with Gasteiger partial charge in [0.1, 0.15) is 5.69 Å². The fourth-order valence-electron chi connectivity index (χ4n) is 1.37. The lowest BCUT2D eigenvalue weighted by molar-refractivity contribution is 0.252. The molecule has 1 aliphatic heterocycles. The summed E-state index contributed by atoms with van der Waals surface area (Å²) in [7, 11) is 0. The summed E-state index contributed by atoms with van der Waals surface area (Å²) in [5.74, 6) is 0.872. The van der Waals surface area contributed by atoms with Gasteiger partial charge in [0.25, 0.3) is 0 Å². The maximum Gasteiger partial charge on any atom is 0.236 e. The van der Waals surface area contributed by atoms with Crippen LogP contribution in [0, 0.1) is 0 Å². The minimum Gasteiger partial charge on any atom is -0.476 e. The quantitative estimate of drug-likeness (QED) is 0.630. The Bertz CT molecular complexity index is 280. The van der Waals surface area contributed by atoms with Crippen LogP contribution in [0.25, 0.3) is 0 Å². The van der Waals surface area contributed by atoms with E-state index >= 15 is 0 Å². The molecule has 4 heteroatoms. The second kappa shape index (κ2) is 2.77. The van der Waals surface area contributed by atoms with E-state index in [0.717, 1.165) is 31.0 Å². The van der Waals surface area contributed by atoms with E-state index in [2.05, 4.69) is 24.2 Å². The summed E-state index contributed by atoms with van der Waals surface area (Å²) in [5, 5.41) is 8.10. The zero-order valence-electron chi connectivity index (χ0n) is 7.45. The largest absolute Gasteiger partial charge is 0.476 e. The van der Waals surface area contributed by atoms with Crippen LogP contribution in [-0.4, -0.2) is 21.6 Å². The van der Waals surface area contributed by atoms with Crippen molar-refractivity contribution in [1.82, 2.24) is 15.0 Å². The molecule has 0 atom stereocenters. The molecular weight excluding hydrogens is 154 g/mol. The van der Waals surface area contributed by atoms with E-state index in [0.29, 0.717) is 6.04 Å². The summed E-state index contributed by atoms with van der Waals surface area (Å²) in [6.45, 7) is 4.95. The van der Waals surface area contributed by atoms with E-state index in [1.54, 1.807) is 0 Å². The third-order valence-electron chi connectivity index (χ3n) is 2.00. The van der Waals surface area contributed by atoms with Gasteiger partial charge >= 0.3 is 0 Å². The minimum atomic E-state index is 0.333. The molecule has 0 aliphatic carbocycles. The van der Waals surface area contributed by atoms with Crippen LogP contribution in [0.15, 0.2) is 0 Å². The highest BCUT2D eigenvalue weighted by atomic mass is 16.5. The van der Waals surface area contributed by atoms with Gasteiger partial charge in [-0.25, -0.2) is 4.68 Å². The SMILES string of the molecule is CC(C)n1nnc2c1OCCC2. The zero-order valence-corrected chi connectivity index (χ0v) is 7.45. The van der Waals surface area contributed by atoms with E-state index < -0.39 is 0 Å². The summed E-state index contributed by atoms with van der Waals surface area (Å²) < 4.78 is 7.34. The molecule has 0 spiro atoms. The first-order chi connectivity index (χ1) is 5.79. The van der Waals surface area contributed by atoms with Crippen LogP contribution in [-0.2, 0) is 6.42 Å². The Morgan fingerprint density at radius 1 is 1.50 bits per heavy atom. The lowest BCUT2D eigenvalue weighted by atomic mass is 10.2. The lowest BCUT2D eigenvalue weighted by Crippen LogP contribution is -2.12. The first-order valence-corrected chi connectivity index (χ1v) is 4.36. The van der Waals surface area contributed by atoms with E-state index in [1.807, 2.05) is 4.68 Å². The molecule has 12 heavy (non-hydrogen) atoms. The van der Waals surface area contributed by atoms with Crippen molar-refractivity contribution in [2.45, 2.75) is 32.7 Å². The molecule has 0 bridgehead atoms. The van der Waals surface area contributed by atoms with Gasteiger partial charge in [0.2, 0.25) is 5.88 Å². The maximum atomic E-state index is 5.49. The van der Waals surface area contributed by atoms with Gasteiger partial charge in [0.15, 0.2) is 0 Å². The van der Waals surface area contributed by atoms with Crippen molar-refractivity contribution >= 4 is 0 Å². The topological polar surface area (TPSA) is 39.9 Å². The van der Waals surface area contributed by atoms with Crippen molar-refractivity contribution in [3.05, 3.63) is 5.69 Å². The van der Waals surface area contributed by atoms with Crippen LogP contribution in [0.2, 0.25) is 0 Å². The monoisotopic (exact) mass is 167 g/mol. The summed E-state index contributed by atoms with van der Waals surface area (Å²) >= 11 is 0. The van der Waals surface area contributed by atoms with Crippen molar-refractivity contribution < 1.29 is 4.74 Å². The Morgan fingerprint density at radius 2 is 2.33 bits per heavy atom. The predicted molar refractivity (Wildman–Crippen MR) is 44.2 cm³/mol. The van der Waals surface area contributed by atoms with Crippen LogP contribution in [0.3, 0.4) is 0 Å². The number of hydrogen-bond acceptors (Lipinski definition) is 3. The first kappa shape index (κ1) is 7.58. The molecule has 0 radical (unpaired) electrons. The molecule has 1 aliphatic rings. The van der Waals surface area contributed by atoms with Crippen LogP contribution < -0.4 is 4.74 Å². The molecule has 0 fully saturated rings. The van der Waals surface area contributed by atoms with Gasteiger partial charge in [-0.2, -0.15) is 0 Å². The van der Waals surface area contributed by atoms with Gasteiger partial charge in [-0.1, -0.05) is 5.21 Å². The fraction of sp³-hybridized carbons (Fsp3) is 0.750. The van der Waals surface area contributed by atoms with Crippen LogP contribution in [0.1, 0.15) is 32.0 Å². The second-order valence-electron chi connectivity index (χ2n) is 3.33. The molecule has 66 valence electrons. The Labute approximate surface area is 71.5 Å². The van der Waals surface area contributed by atoms with Gasteiger partial charge in [-0.3, -0.25) is 0 Å². The average Bonchev–Trinajstić information content (AvgIpc) is 2.47. The molecule has 0 amide bonds. The normalized spacial score (nSPS) is 15.9. The predicted octanol–water partition coefficient (Wildman–Crippen LogP) is 1.18. The molecule has 4 nitrogen and oxygen atoms in total. The molecule has 1 aromatic heterocycles. The molecule has 0 unspecified atom stereocenters. The summed E-state index contributed by atoms with van der Waals surface area (Å²) in [6, 6.07) is 0.333. The van der Waals surface area contributed by atoms with Crippen molar-refractivity contribution in [2.75, 3.05) is 6.61 Å². The molecular formula is C8H13N3O. The lowest BCUT2D eigenvalue weighted by Gasteiger charge is -2.15. The van der Waals surface area contributed by atoms with Crippen molar-refractivity contribution in [1.29, 1.82) is 0 Å². The van der Waals surface area contributed by atoms with E-state index in [9.17, 15) is 0 Å². The Kier molecular flexibility index (Phi) is 1.75. The van der Waals surface area contributed by atoms with Gasteiger partial charge < -0.3 is 4.74 Å². The highest BCUT2D eigenvalue weighted by molar-refractivity contribution is 5.19. The molecule has 0 saturated heterocycles. The summed E-state index contributed by atoms with van der Waals surface area (Å²) in [4.78, 5) is 0. The molecule has 0 saturated carbocycles. The van der Waals surface area contributed by atoms with Gasteiger partial charge in [-0.15, -0.1) is 5.10 Å². The van der Waals surface area contributed by atoms with Crippen LogP contribution in [0.5, 0.6) is 5.88 Å². The number of ether oxygens (including phenoxy) is 1. The number of hydrogen-bond donors (Lipinski definition) is 0. The van der Waals surface area contributed by atoms with Crippen LogP contribution >= 0.6 is 0 Å². The zero-order chi connectivity index (χ0) is 8.55. The van der Waals surface area contributed by atoms with Gasteiger partial charge in [-0.05, 0) is 20.3 Å². The molecule has 2 heterocycles. The van der Waals surface area contributed by atoms with Crippen molar-refractivity contribution in [3.8, 4) is 5.88 Å². The molecule has 1 aromatic rings. The Balaban J connectivity index is 2.38. The minimum absolute atomic E-state index is 0.333. The average molecular weight is 167 g/mol. The van der Waals surface area contributed by atoms with E-state index in [-0.39, 0.29) is 0 Å². The third kappa shape index (κ3) is 1.07. The fourth-order valence-corrected chi connectivity index (χ4v) is 1.37. The standard InChI is InChI=1S/C8H13N3O/c1-6(2)11-8-7(9-10-11)4-3-5-12-8/h6H,3-5H2,1-2H3. The van der Waals surface area contributed by atoms with E-state index in [1.165, 1.54) is 0 Å². The number of aromatic nitrogens is 3. The van der Waals surface area contributed by atoms with E-state index in [4.69, 9.17) is 4.74 Å². The smallest absolute Gasteiger partial charge is 0.236 e. The number of fused-ring (bicyclic) bond motifs is 1.